The molecule has 8 nitrogen and oxygen atoms in total. The lowest BCUT2D eigenvalue weighted by atomic mass is 10.1. The van der Waals surface area contributed by atoms with E-state index in [1.54, 1.807) is 4.68 Å². The number of anilines is 1. The van der Waals surface area contributed by atoms with Gasteiger partial charge in [0.15, 0.2) is 0 Å². The molecule has 26 heavy (non-hydrogen) atoms. The minimum atomic E-state index is -0.129. The van der Waals surface area contributed by atoms with E-state index in [1.165, 1.54) is 16.4 Å². The van der Waals surface area contributed by atoms with Crippen LogP contribution in [0.2, 0.25) is 0 Å². The summed E-state index contributed by atoms with van der Waals surface area (Å²) in [6.45, 7) is 7.80. The molecule has 0 atom stereocenters. The van der Waals surface area contributed by atoms with Crippen LogP contribution in [-0.2, 0) is 4.79 Å². The van der Waals surface area contributed by atoms with Crippen LogP contribution < -0.4 is 11.2 Å². The molecule has 1 amide bonds. The van der Waals surface area contributed by atoms with Gasteiger partial charge in [-0.2, -0.15) is 5.10 Å². The normalized spacial score (nSPS) is 10.9. The molecule has 0 aliphatic carbocycles. The van der Waals surface area contributed by atoms with Gasteiger partial charge in [0.25, 0.3) is 5.95 Å². The summed E-state index contributed by atoms with van der Waals surface area (Å²) in [5.74, 6) is 6.53. The fourth-order valence-electron chi connectivity index (χ4n) is 2.72. The second-order valence-corrected chi connectivity index (χ2v) is 7.15. The lowest BCUT2D eigenvalue weighted by Gasteiger charge is -2.07. The first kappa shape index (κ1) is 18.0. The maximum Gasteiger partial charge on any atom is 0.271 e. The summed E-state index contributed by atoms with van der Waals surface area (Å²) >= 11 is 1.22. The third kappa shape index (κ3) is 3.88. The van der Waals surface area contributed by atoms with Gasteiger partial charge >= 0.3 is 0 Å². The van der Waals surface area contributed by atoms with Gasteiger partial charge in [-0.1, -0.05) is 17.8 Å². The molecule has 0 aliphatic heterocycles. The summed E-state index contributed by atoms with van der Waals surface area (Å²) in [5.41, 5.74) is 4.76. The summed E-state index contributed by atoms with van der Waals surface area (Å²) in [5, 5.41) is 15.8. The number of carbonyl (C=O) groups is 1. The summed E-state index contributed by atoms with van der Waals surface area (Å²) < 4.78 is 2.97. The third-order valence-corrected chi connectivity index (χ3v) is 4.63. The molecule has 2 aromatic heterocycles. The maximum absolute atomic E-state index is 12.2. The highest BCUT2D eigenvalue weighted by Crippen LogP contribution is 2.19. The van der Waals surface area contributed by atoms with Crippen molar-refractivity contribution in [2.75, 3.05) is 16.9 Å². The Hall–Kier alpha value is -2.81. The zero-order valence-corrected chi connectivity index (χ0v) is 16.0. The molecule has 3 N–H and O–H groups in total. The lowest BCUT2D eigenvalue weighted by Crippen LogP contribution is -2.18. The van der Waals surface area contributed by atoms with Crippen LogP contribution in [0, 0.1) is 27.7 Å². The second kappa shape index (κ2) is 7.20. The fraction of sp³-hybridized carbons (Fsp3) is 0.294. The molecule has 0 saturated heterocycles. The van der Waals surface area contributed by atoms with Gasteiger partial charge in [0.2, 0.25) is 11.1 Å². The molecule has 2 heterocycles. The van der Waals surface area contributed by atoms with E-state index in [4.69, 9.17) is 5.84 Å². The quantitative estimate of drug-likeness (QED) is 0.526. The van der Waals surface area contributed by atoms with Crippen LogP contribution in [0.5, 0.6) is 0 Å². The number of nitrogen functional groups attached to an aromatic ring is 1. The number of nitrogens with two attached hydrogens (primary N) is 1. The average molecular weight is 371 g/mol. The van der Waals surface area contributed by atoms with Gasteiger partial charge in [-0.05, 0) is 57.0 Å². The van der Waals surface area contributed by atoms with Crippen molar-refractivity contribution in [1.29, 1.82) is 0 Å². The zero-order chi connectivity index (χ0) is 18.8. The van der Waals surface area contributed by atoms with Crippen LogP contribution in [0.25, 0.3) is 5.95 Å². The van der Waals surface area contributed by atoms with Crippen molar-refractivity contribution in [3.63, 3.8) is 0 Å². The van der Waals surface area contributed by atoms with Crippen LogP contribution in [0.4, 0.5) is 5.69 Å². The third-order valence-electron chi connectivity index (χ3n) is 3.68. The predicted octanol–water partition coefficient (Wildman–Crippen LogP) is 2.14. The Morgan fingerprint density at radius 2 is 1.81 bits per heavy atom. The van der Waals surface area contributed by atoms with Crippen molar-refractivity contribution in [2.45, 2.75) is 32.9 Å². The van der Waals surface area contributed by atoms with E-state index in [9.17, 15) is 4.79 Å². The number of carbonyl (C=O) groups excluding carboxylic acids is 1. The smallest absolute Gasteiger partial charge is 0.271 e. The van der Waals surface area contributed by atoms with E-state index in [0.717, 1.165) is 28.2 Å². The standard InChI is InChI=1S/C17H21N7OS/c1-10-5-11(2)7-14(6-10)19-15(25)9-26-17-21-20-16(23(17)18)24-13(4)8-12(3)22-24/h5-8H,9,18H2,1-4H3,(H,19,25). The minimum Gasteiger partial charge on any atom is -0.334 e. The number of nitrogens with one attached hydrogen (secondary N) is 1. The first-order valence-electron chi connectivity index (χ1n) is 8.08. The van der Waals surface area contributed by atoms with E-state index in [2.05, 4.69) is 26.7 Å². The highest BCUT2D eigenvalue weighted by atomic mass is 32.2. The van der Waals surface area contributed by atoms with Crippen LogP contribution in [0.1, 0.15) is 22.5 Å². The Morgan fingerprint density at radius 1 is 1.12 bits per heavy atom. The van der Waals surface area contributed by atoms with Gasteiger partial charge in [-0.3, -0.25) is 4.79 Å². The molecule has 0 saturated carbocycles. The van der Waals surface area contributed by atoms with E-state index in [-0.39, 0.29) is 11.7 Å². The SMILES string of the molecule is Cc1cc(C)cc(NC(=O)CSc2nnc(-n3nc(C)cc3C)n2N)c1. The van der Waals surface area contributed by atoms with Gasteiger partial charge in [-0.15, -0.1) is 10.2 Å². The van der Waals surface area contributed by atoms with Gasteiger partial charge < -0.3 is 11.2 Å². The van der Waals surface area contributed by atoms with Crippen LogP contribution >= 0.6 is 11.8 Å². The molecule has 0 aliphatic rings. The maximum atomic E-state index is 12.2. The molecule has 0 radical (unpaired) electrons. The average Bonchev–Trinajstić information content (AvgIpc) is 3.06. The number of hydrogen-bond acceptors (Lipinski definition) is 6. The summed E-state index contributed by atoms with van der Waals surface area (Å²) in [7, 11) is 0. The number of rotatable bonds is 5. The fourth-order valence-corrected chi connectivity index (χ4v) is 3.37. The molecule has 0 bridgehead atoms. The number of aromatic nitrogens is 5. The molecule has 1 aromatic carbocycles. The Bertz CT molecular complexity index is 940. The van der Waals surface area contributed by atoms with Crippen LogP contribution in [-0.4, -0.2) is 36.3 Å². The molecule has 3 rings (SSSR count). The van der Waals surface area contributed by atoms with Crippen molar-refractivity contribution >= 4 is 23.4 Å². The van der Waals surface area contributed by atoms with E-state index in [1.807, 2.05) is 45.9 Å². The highest BCUT2D eigenvalue weighted by Gasteiger charge is 2.16. The van der Waals surface area contributed by atoms with Crippen LogP contribution in [0.3, 0.4) is 0 Å². The molecule has 3 aromatic rings. The molecule has 0 unspecified atom stereocenters. The topological polar surface area (TPSA) is 104 Å². The van der Waals surface area contributed by atoms with Crippen molar-refractivity contribution in [3.05, 3.63) is 46.8 Å². The van der Waals surface area contributed by atoms with Crippen molar-refractivity contribution in [2.24, 2.45) is 0 Å². The molecule has 136 valence electrons. The van der Waals surface area contributed by atoms with E-state index >= 15 is 0 Å². The van der Waals surface area contributed by atoms with Gasteiger partial charge in [0, 0.05) is 11.4 Å². The molecule has 9 heteroatoms. The predicted molar refractivity (Wildman–Crippen MR) is 102 cm³/mol. The number of benzene rings is 1. The minimum absolute atomic E-state index is 0.129. The monoisotopic (exact) mass is 371 g/mol. The molecular formula is C17H21N7OS. The van der Waals surface area contributed by atoms with Gasteiger partial charge in [0.05, 0.1) is 11.4 Å². The van der Waals surface area contributed by atoms with Crippen molar-refractivity contribution in [3.8, 4) is 5.95 Å². The number of amides is 1. The van der Waals surface area contributed by atoms with Crippen molar-refractivity contribution < 1.29 is 4.79 Å². The number of hydrogen-bond donors (Lipinski definition) is 2. The molecular weight excluding hydrogens is 350 g/mol. The van der Waals surface area contributed by atoms with Gasteiger partial charge in [0.1, 0.15) is 0 Å². The highest BCUT2D eigenvalue weighted by molar-refractivity contribution is 7.99. The van der Waals surface area contributed by atoms with Crippen LogP contribution in [0.15, 0.2) is 29.4 Å². The molecule has 0 spiro atoms. The Labute approximate surface area is 155 Å². The number of thioether (sulfide) groups is 1. The lowest BCUT2D eigenvalue weighted by molar-refractivity contribution is -0.113. The van der Waals surface area contributed by atoms with E-state index < -0.39 is 0 Å². The summed E-state index contributed by atoms with van der Waals surface area (Å²) in [6, 6.07) is 7.85. The van der Waals surface area contributed by atoms with E-state index in [0.29, 0.717) is 11.1 Å². The van der Waals surface area contributed by atoms with Crippen molar-refractivity contribution in [1.82, 2.24) is 24.7 Å². The zero-order valence-electron chi connectivity index (χ0n) is 15.1. The Balaban J connectivity index is 1.66. The molecule has 0 fully saturated rings. The number of nitrogens with zero attached hydrogens (tertiary/aromatic N) is 5. The first-order chi connectivity index (χ1) is 12.3. The largest absolute Gasteiger partial charge is 0.334 e. The summed E-state index contributed by atoms with van der Waals surface area (Å²) in [4.78, 5) is 12.2. The Kier molecular flexibility index (Phi) is 4.99. The first-order valence-corrected chi connectivity index (χ1v) is 9.07. The van der Waals surface area contributed by atoms with Gasteiger partial charge in [-0.25, -0.2) is 9.36 Å². The second-order valence-electron chi connectivity index (χ2n) is 6.20. The number of aryl methyl sites for hydroxylation is 4. The Morgan fingerprint density at radius 3 is 2.42 bits per heavy atom. The summed E-state index contributed by atoms with van der Waals surface area (Å²) in [6.07, 6.45) is 0.